The first-order chi connectivity index (χ1) is 11.4. The van der Waals surface area contributed by atoms with E-state index in [-0.39, 0.29) is 10.3 Å². The lowest BCUT2D eigenvalue weighted by molar-refractivity contribution is 0.598. The first-order valence-corrected chi connectivity index (χ1v) is 9.50. The van der Waals surface area contributed by atoms with Crippen molar-refractivity contribution in [2.75, 3.05) is 0 Å². The van der Waals surface area contributed by atoms with E-state index in [9.17, 15) is 8.42 Å². The van der Waals surface area contributed by atoms with Crippen molar-refractivity contribution in [2.24, 2.45) is 10.6 Å². The summed E-state index contributed by atoms with van der Waals surface area (Å²) in [5.41, 5.74) is 4.32. The number of halogens is 1. The Hall–Kier alpha value is -1.95. The monoisotopic (exact) mass is 358 g/mol. The van der Waals surface area contributed by atoms with Gasteiger partial charge < -0.3 is 0 Å². The molecule has 0 amide bonds. The molecule has 0 saturated heterocycles. The Kier molecular flexibility index (Phi) is 3.42. The standard InChI is InChI=1S/C18H15ClN2O2S/c19-17-6-3-13(11-21-17)16-10-18(7-8-18)9-15(16)12-1-4-14(5-2-12)24(20,22)23/h1-6,9-11H,7-8H2,(H2,20,22,23). The van der Waals surface area contributed by atoms with Gasteiger partial charge in [-0.1, -0.05) is 35.9 Å². The summed E-state index contributed by atoms with van der Waals surface area (Å²) < 4.78 is 22.9. The summed E-state index contributed by atoms with van der Waals surface area (Å²) in [5, 5.41) is 5.63. The van der Waals surface area contributed by atoms with E-state index >= 15 is 0 Å². The van der Waals surface area contributed by atoms with Crippen LogP contribution in [0.25, 0.3) is 11.1 Å². The van der Waals surface area contributed by atoms with Crippen LogP contribution in [0.1, 0.15) is 24.0 Å². The Bertz CT molecular complexity index is 971. The molecule has 4 rings (SSSR count). The molecule has 0 aliphatic heterocycles. The number of primary sulfonamides is 1. The Morgan fingerprint density at radius 2 is 1.54 bits per heavy atom. The Balaban J connectivity index is 1.76. The highest BCUT2D eigenvalue weighted by Crippen LogP contribution is 2.57. The maximum Gasteiger partial charge on any atom is 0.238 e. The second-order valence-corrected chi connectivity index (χ2v) is 8.24. The van der Waals surface area contributed by atoms with Crippen molar-refractivity contribution in [3.05, 3.63) is 71.0 Å². The summed E-state index contributed by atoms with van der Waals surface area (Å²) in [6, 6.07) is 10.4. The Morgan fingerprint density at radius 3 is 2.04 bits per heavy atom. The second-order valence-electron chi connectivity index (χ2n) is 6.29. The summed E-state index contributed by atoms with van der Waals surface area (Å²) in [6.07, 6.45) is 8.58. The van der Waals surface area contributed by atoms with Crippen molar-refractivity contribution in [1.82, 2.24) is 4.98 Å². The largest absolute Gasteiger partial charge is 0.244 e. The van der Waals surface area contributed by atoms with Crippen molar-refractivity contribution in [3.8, 4) is 0 Å². The van der Waals surface area contributed by atoms with Gasteiger partial charge in [-0.25, -0.2) is 18.5 Å². The van der Waals surface area contributed by atoms with E-state index in [1.165, 1.54) is 0 Å². The van der Waals surface area contributed by atoms with E-state index < -0.39 is 10.0 Å². The smallest absolute Gasteiger partial charge is 0.238 e. The number of aromatic nitrogens is 1. The van der Waals surface area contributed by atoms with Gasteiger partial charge in [0.2, 0.25) is 10.0 Å². The number of benzene rings is 1. The van der Waals surface area contributed by atoms with Crippen LogP contribution in [0.5, 0.6) is 0 Å². The van der Waals surface area contributed by atoms with Gasteiger partial charge >= 0.3 is 0 Å². The first-order valence-electron chi connectivity index (χ1n) is 7.58. The molecule has 24 heavy (non-hydrogen) atoms. The molecule has 2 N–H and O–H groups in total. The van der Waals surface area contributed by atoms with E-state index in [2.05, 4.69) is 17.1 Å². The van der Waals surface area contributed by atoms with Crippen LogP contribution >= 0.6 is 11.6 Å². The van der Waals surface area contributed by atoms with E-state index in [1.807, 2.05) is 6.07 Å². The minimum atomic E-state index is -3.68. The summed E-state index contributed by atoms with van der Waals surface area (Å²) in [6.45, 7) is 0. The predicted octanol–water partition coefficient (Wildman–Crippen LogP) is 3.64. The zero-order valence-corrected chi connectivity index (χ0v) is 14.3. The van der Waals surface area contributed by atoms with E-state index in [0.717, 1.165) is 35.1 Å². The molecule has 2 aromatic rings. The lowest BCUT2D eigenvalue weighted by atomic mass is 9.96. The number of pyridine rings is 1. The van der Waals surface area contributed by atoms with Crippen molar-refractivity contribution in [1.29, 1.82) is 0 Å². The summed E-state index contributed by atoms with van der Waals surface area (Å²) >= 11 is 5.89. The molecule has 0 unspecified atom stereocenters. The van der Waals surface area contributed by atoms with Gasteiger partial charge in [0.1, 0.15) is 5.15 Å². The molecule has 6 heteroatoms. The lowest BCUT2D eigenvalue weighted by Crippen LogP contribution is -2.11. The molecule has 2 aliphatic carbocycles. The third kappa shape index (κ3) is 2.79. The van der Waals surface area contributed by atoms with Crippen LogP contribution in [0.4, 0.5) is 0 Å². The van der Waals surface area contributed by atoms with Crippen molar-refractivity contribution in [3.63, 3.8) is 0 Å². The molecule has 1 fully saturated rings. The van der Waals surface area contributed by atoms with E-state index in [1.54, 1.807) is 36.5 Å². The number of hydrogen-bond acceptors (Lipinski definition) is 3. The van der Waals surface area contributed by atoms with Gasteiger partial charge in [-0.05, 0) is 53.8 Å². The number of rotatable bonds is 3. The predicted molar refractivity (Wildman–Crippen MR) is 94.7 cm³/mol. The fraction of sp³-hybridized carbons (Fsp3) is 0.167. The van der Waals surface area contributed by atoms with Gasteiger partial charge in [0, 0.05) is 17.2 Å². The van der Waals surface area contributed by atoms with Crippen LogP contribution in [0, 0.1) is 5.41 Å². The average Bonchev–Trinajstić information content (AvgIpc) is 3.19. The topological polar surface area (TPSA) is 73.1 Å². The normalized spacial score (nSPS) is 18.4. The SMILES string of the molecule is NS(=O)(=O)c1ccc(C2=CC3(C=C2c2ccc(Cl)nc2)CC3)cc1. The first kappa shape index (κ1) is 15.6. The van der Waals surface area contributed by atoms with Gasteiger partial charge in [0.15, 0.2) is 0 Å². The van der Waals surface area contributed by atoms with Crippen LogP contribution in [0.15, 0.2) is 59.6 Å². The molecule has 1 heterocycles. The Morgan fingerprint density at radius 1 is 0.958 bits per heavy atom. The molecule has 0 radical (unpaired) electrons. The molecular weight excluding hydrogens is 344 g/mol. The quantitative estimate of drug-likeness (QED) is 0.851. The molecule has 1 aromatic heterocycles. The maximum absolute atomic E-state index is 11.4. The van der Waals surface area contributed by atoms with Gasteiger partial charge in [0.05, 0.1) is 4.90 Å². The summed E-state index contributed by atoms with van der Waals surface area (Å²) in [4.78, 5) is 4.28. The highest BCUT2D eigenvalue weighted by Gasteiger charge is 2.43. The molecule has 122 valence electrons. The molecule has 1 saturated carbocycles. The lowest BCUT2D eigenvalue weighted by Gasteiger charge is -2.10. The fourth-order valence-electron chi connectivity index (χ4n) is 3.04. The minimum absolute atomic E-state index is 0.115. The van der Waals surface area contributed by atoms with Crippen LogP contribution in [-0.4, -0.2) is 13.4 Å². The number of nitrogens with zero attached hydrogens (tertiary/aromatic N) is 1. The number of hydrogen-bond donors (Lipinski definition) is 1. The molecule has 2 aliphatic rings. The molecule has 0 bridgehead atoms. The fourth-order valence-corrected chi connectivity index (χ4v) is 3.67. The zero-order valence-electron chi connectivity index (χ0n) is 12.7. The molecule has 1 aromatic carbocycles. The third-order valence-corrected chi connectivity index (χ3v) is 5.67. The number of nitrogens with two attached hydrogens (primary N) is 1. The van der Waals surface area contributed by atoms with Gasteiger partial charge in [0.25, 0.3) is 0 Å². The minimum Gasteiger partial charge on any atom is -0.244 e. The van der Waals surface area contributed by atoms with Crippen LogP contribution < -0.4 is 5.14 Å². The molecule has 4 nitrogen and oxygen atoms in total. The second kappa shape index (κ2) is 5.28. The van der Waals surface area contributed by atoms with Crippen molar-refractivity contribution < 1.29 is 8.42 Å². The van der Waals surface area contributed by atoms with Crippen LogP contribution in [0.3, 0.4) is 0 Å². The van der Waals surface area contributed by atoms with Crippen LogP contribution in [0.2, 0.25) is 5.15 Å². The molecule has 1 spiro atoms. The van der Waals surface area contributed by atoms with Crippen LogP contribution in [-0.2, 0) is 10.0 Å². The maximum atomic E-state index is 11.4. The molecular formula is C18H15ClN2O2S. The third-order valence-electron chi connectivity index (χ3n) is 4.51. The van der Waals surface area contributed by atoms with Crippen molar-refractivity contribution in [2.45, 2.75) is 17.7 Å². The molecule has 0 atom stereocenters. The Labute approximate surface area is 145 Å². The van der Waals surface area contributed by atoms with E-state index in [0.29, 0.717) is 5.15 Å². The van der Waals surface area contributed by atoms with E-state index in [4.69, 9.17) is 16.7 Å². The van der Waals surface area contributed by atoms with Gasteiger partial charge in [-0.3, -0.25) is 0 Å². The van der Waals surface area contributed by atoms with Gasteiger partial charge in [-0.2, -0.15) is 0 Å². The average molecular weight is 359 g/mol. The summed E-state index contributed by atoms with van der Waals surface area (Å²) in [5.74, 6) is 0. The summed E-state index contributed by atoms with van der Waals surface area (Å²) in [7, 11) is -3.68. The number of allylic oxidation sites excluding steroid dienone is 4. The highest BCUT2D eigenvalue weighted by atomic mass is 35.5. The zero-order chi connectivity index (χ0) is 16.9. The number of sulfonamides is 1. The highest BCUT2D eigenvalue weighted by molar-refractivity contribution is 7.89. The van der Waals surface area contributed by atoms with Gasteiger partial charge in [-0.15, -0.1) is 0 Å². The van der Waals surface area contributed by atoms with Crippen molar-refractivity contribution >= 4 is 32.8 Å².